The summed E-state index contributed by atoms with van der Waals surface area (Å²) in [5, 5.41) is 6.16. The summed E-state index contributed by atoms with van der Waals surface area (Å²) < 4.78 is 6.49. The van der Waals surface area contributed by atoms with E-state index < -0.39 is 0 Å². The molecule has 0 spiro atoms. The maximum Gasteiger partial charge on any atom is 0.317 e. The van der Waals surface area contributed by atoms with Crippen LogP contribution in [0.15, 0.2) is 40.9 Å². The lowest BCUT2D eigenvalue weighted by molar-refractivity contribution is 0.223. The van der Waals surface area contributed by atoms with Gasteiger partial charge in [-0.15, -0.1) is 0 Å². The summed E-state index contributed by atoms with van der Waals surface area (Å²) in [5.74, 6) is 0.676. The monoisotopic (exact) mass is 396 g/mol. The minimum atomic E-state index is -0.289. The van der Waals surface area contributed by atoms with Gasteiger partial charge in [0.2, 0.25) is 0 Å². The first-order chi connectivity index (χ1) is 11.0. The van der Waals surface area contributed by atoms with E-state index in [1.807, 2.05) is 50.2 Å². The number of ether oxygens (including phenoxy) is 1. The molecule has 0 aliphatic heterocycles. The Morgan fingerprint density at radius 1 is 1.17 bits per heavy atom. The van der Waals surface area contributed by atoms with Gasteiger partial charge in [0.25, 0.3) is 0 Å². The molecule has 23 heavy (non-hydrogen) atoms. The standard InChI is InChI=1S/C17H18BrClN2O2/c1-11-7-14(8-12(2)16(11)19)23-10-21-17(22)20-9-13-5-3-4-6-15(13)18/h3-8H,9-10H2,1-2H3,(H2,20,21,22). The first kappa shape index (κ1) is 17.6. The zero-order chi connectivity index (χ0) is 16.8. The number of rotatable bonds is 5. The van der Waals surface area contributed by atoms with Crippen LogP contribution in [-0.4, -0.2) is 12.8 Å². The fourth-order valence-corrected chi connectivity index (χ4v) is 2.59. The molecule has 2 rings (SSSR count). The molecule has 2 aromatic carbocycles. The lowest BCUT2D eigenvalue weighted by Crippen LogP contribution is -2.37. The van der Waals surface area contributed by atoms with Crippen LogP contribution in [0, 0.1) is 13.8 Å². The molecule has 0 aliphatic carbocycles. The Morgan fingerprint density at radius 2 is 1.83 bits per heavy atom. The molecule has 6 heteroatoms. The van der Waals surface area contributed by atoms with Gasteiger partial charge in [-0.2, -0.15) is 0 Å². The second-order valence-corrected chi connectivity index (χ2v) is 6.34. The minimum Gasteiger partial charge on any atom is -0.473 e. The number of benzene rings is 2. The van der Waals surface area contributed by atoms with Crippen LogP contribution in [0.25, 0.3) is 0 Å². The number of carbonyl (C=O) groups is 1. The Kier molecular flexibility index (Phi) is 6.30. The van der Waals surface area contributed by atoms with Crippen molar-refractivity contribution in [2.45, 2.75) is 20.4 Å². The molecule has 0 radical (unpaired) electrons. The van der Waals surface area contributed by atoms with Gasteiger partial charge >= 0.3 is 6.03 Å². The Balaban J connectivity index is 1.78. The number of urea groups is 1. The highest BCUT2D eigenvalue weighted by Crippen LogP contribution is 2.25. The summed E-state index contributed by atoms with van der Waals surface area (Å²) in [7, 11) is 0. The molecular formula is C17H18BrClN2O2. The van der Waals surface area contributed by atoms with Gasteiger partial charge in [-0.3, -0.25) is 0 Å². The summed E-state index contributed by atoms with van der Waals surface area (Å²) in [6, 6.07) is 11.1. The third kappa shape index (κ3) is 5.15. The number of hydrogen-bond acceptors (Lipinski definition) is 2. The van der Waals surface area contributed by atoms with Crippen LogP contribution in [0.1, 0.15) is 16.7 Å². The largest absolute Gasteiger partial charge is 0.473 e. The molecule has 0 bridgehead atoms. The molecular weight excluding hydrogens is 380 g/mol. The predicted octanol–water partition coefficient (Wildman–Crippen LogP) is 4.56. The summed E-state index contributed by atoms with van der Waals surface area (Å²) in [6.07, 6.45) is 0. The highest BCUT2D eigenvalue weighted by molar-refractivity contribution is 9.10. The summed E-state index contributed by atoms with van der Waals surface area (Å²) in [4.78, 5) is 11.8. The van der Waals surface area contributed by atoms with E-state index in [0.717, 1.165) is 26.2 Å². The molecule has 0 saturated heterocycles. The zero-order valence-corrected chi connectivity index (χ0v) is 15.3. The molecule has 2 amide bonds. The third-order valence-corrected chi connectivity index (χ3v) is 4.65. The van der Waals surface area contributed by atoms with Gasteiger partial charge in [-0.25, -0.2) is 4.79 Å². The van der Waals surface area contributed by atoms with Gasteiger partial charge in [0.05, 0.1) is 0 Å². The number of amides is 2. The van der Waals surface area contributed by atoms with Crippen LogP contribution in [-0.2, 0) is 6.54 Å². The Hall–Kier alpha value is -1.72. The van der Waals surface area contributed by atoms with E-state index >= 15 is 0 Å². The van der Waals surface area contributed by atoms with Crippen molar-refractivity contribution in [2.24, 2.45) is 0 Å². The van der Waals surface area contributed by atoms with Gasteiger partial charge in [-0.05, 0) is 48.7 Å². The van der Waals surface area contributed by atoms with Crippen LogP contribution in [0.5, 0.6) is 5.75 Å². The van der Waals surface area contributed by atoms with Gasteiger partial charge in [0, 0.05) is 16.0 Å². The molecule has 0 heterocycles. The number of aryl methyl sites for hydroxylation is 2. The average molecular weight is 398 g/mol. The summed E-state index contributed by atoms with van der Waals surface area (Å²) >= 11 is 9.55. The highest BCUT2D eigenvalue weighted by atomic mass is 79.9. The second kappa shape index (κ2) is 8.22. The molecule has 0 aliphatic rings. The topological polar surface area (TPSA) is 50.4 Å². The smallest absolute Gasteiger partial charge is 0.317 e. The van der Waals surface area contributed by atoms with E-state index in [0.29, 0.717) is 12.3 Å². The Labute approximate surface area is 149 Å². The van der Waals surface area contributed by atoms with Crippen molar-refractivity contribution in [3.63, 3.8) is 0 Å². The SMILES string of the molecule is Cc1cc(OCNC(=O)NCc2ccccc2Br)cc(C)c1Cl. The van der Waals surface area contributed by atoms with Gasteiger partial charge in [0.1, 0.15) is 5.75 Å². The van der Waals surface area contributed by atoms with Crippen LogP contribution in [0.4, 0.5) is 4.79 Å². The van der Waals surface area contributed by atoms with E-state index in [1.54, 1.807) is 0 Å². The molecule has 122 valence electrons. The lowest BCUT2D eigenvalue weighted by atomic mass is 10.1. The lowest BCUT2D eigenvalue weighted by Gasteiger charge is -2.12. The minimum absolute atomic E-state index is 0.0856. The molecule has 2 N–H and O–H groups in total. The molecule has 0 unspecified atom stereocenters. The van der Waals surface area contributed by atoms with Gasteiger partial charge < -0.3 is 15.4 Å². The van der Waals surface area contributed by atoms with Crippen molar-refractivity contribution in [1.29, 1.82) is 0 Å². The normalized spacial score (nSPS) is 10.3. The molecule has 0 fully saturated rings. The second-order valence-electron chi connectivity index (χ2n) is 5.11. The van der Waals surface area contributed by atoms with E-state index in [1.165, 1.54) is 0 Å². The predicted molar refractivity (Wildman–Crippen MR) is 95.9 cm³/mol. The molecule has 0 aromatic heterocycles. The summed E-state index contributed by atoms with van der Waals surface area (Å²) in [6.45, 7) is 4.36. The maximum absolute atomic E-state index is 11.8. The van der Waals surface area contributed by atoms with E-state index in [4.69, 9.17) is 16.3 Å². The number of halogens is 2. The Morgan fingerprint density at radius 3 is 2.48 bits per heavy atom. The number of carbonyl (C=O) groups excluding carboxylic acids is 1. The maximum atomic E-state index is 11.8. The van der Waals surface area contributed by atoms with E-state index in [-0.39, 0.29) is 12.8 Å². The highest BCUT2D eigenvalue weighted by Gasteiger charge is 2.05. The third-order valence-electron chi connectivity index (χ3n) is 3.28. The zero-order valence-electron chi connectivity index (χ0n) is 13.0. The van der Waals surface area contributed by atoms with Crippen molar-refractivity contribution in [3.05, 3.63) is 62.6 Å². The fourth-order valence-electron chi connectivity index (χ4n) is 2.05. The van der Waals surface area contributed by atoms with Crippen molar-refractivity contribution in [1.82, 2.24) is 10.6 Å². The molecule has 4 nitrogen and oxygen atoms in total. The average Bonchev–Trinajstić information content (AvgIpc) is 2.52. The van der Waals surface area contributed by atoms with Gasteiger partial charge in [0.15, 0.2) is 6.73 Å². The van der Waals surface area contributed by atoms with Crippen LogP contribution in [0.2, 0.25) is 5.02 Å². The van der Waals surface area contributed by atoms with Crippen LogP contribution >= 0.6 is 27.5 Å². The van der Waals surface area contributed by atoms with Gasteiger partial charge in [-0.1, -0.05) is 45.7 Å². The first-order valence-corrected chi connectivity index (χ1v) is 8.29. The quantitative estimate of drug-likeness (QED) is 0.727. The first-order valence-electron chi connectivity index (χ1n) is 7.12. The van der Waals surface area contributed by atoms with Crippen molar-refractivity contribution in [2.75, 3.05) is 6.73 Å². The number of nitrogens with one attached hydrogen (secondary N) is 2. The van der Waals surface area contributed by atoms with Crippen molar-refractivity contribution >= 4 is 33.6 Å². The number of hydrogen-bond donors (Lipinski definition) is 2. The molecule has 2 aromatic rings. The molecule has 0 atom stereocenters. The van der Waals surface area contributed by atoms with Crippen molar-refractivity contribution < 1.29 is 9.53 Å². The van der Waals surface area contributed by atoms with E-state index in [2.05, 4.69) is 26.6 Å². The van der Waals surface area contributed by atoms with Crippen LogP contribution < -0.4 is 15.4 Å². The van der Waals surface area contributed by atoms with Crippen LogP contribution in [0.3, 0.4) is 0 Å². The van der Waals surface area contributed by atoms with E-state index in [9.17, 15) is 4.79 Å². The molecule has 0 saturated carbocycles. The van der Waals surface area contributed by atoms with Crippen molar-refractivity contribution in [3.8, 4) is 5.75 Å². The summed E-state index contributed by atoms with van der Waals surface area (Å²) in [5.41, 5.74) is 2.90. The Bertz CT molecular complexity index is 684. The fraction of sp³-hybridized carbons (Fsp3) is 0.235.